The predicted octanol–water partition coefficient (Wildman–Crippen LogP) is 2.32. The van der Waals surface area contributed by atoms with Gasteiger partial charge in [0.2, 0.25) is 0 Å². The molecule has 1 amide bonds. The molecule has 0 fully saturated rings. The van der Waals surface area contributed by atoms with Gasteiger partial charge in [-0.15, -0.1) is 11.3 Å². The molecule has 2 aromatic rings. The van der Waals surface area contributed by atoms with E-state index in [9.17, 15) is 13.2 Å². The number of fused-ring (bicyclic) bond motifs is 1. The third-order valence-corrected chi connectivity index (χ3v) is 6.21. The predicted molar refractivity (Wildman–Crippen MR) is 86.9 cm³/mol. The number of aromatic nitrogens is 2. The molecule has 0 radical (unpaired) electrons. The van der Waals surface area contributed by atoms with Gasteiger partial charge in [-0.05, 0) is 37.3 Å². The van der Waals surface area contributed by atoms with E-state index in [0.717, 1.165) is 31.9 Å². The van der Waals surface area contributed by atoms with Crippen LogP contribution in [0.5, 0.6) is 0 Å². The number of thiophene rings is 1. The lowest BCUT2D eigenvalue weighted by atomic mass is 10.00. The molecular formula is C15H17N3O3S2. The van der Waals surface area contributed by atoms with Gasteiger partial charge >= 0.3 is 0 Å². The van der Waals surface area contributed by atoms with Crippen molar-refractivity contribution in [1.82, 2.24) is 14.7 Å². The molecule has 1 aliphatic carbocycles. The summed E-state index contributed by atoms with van der Waals surface area (Å²) in [6, 6.07) is 1.83. The minimum absolute atomic E-state index is 0.261. The maximum absolute atomic E-state index is 12.3. The molecule has 1 aliphatic rings. The normalized spacial score (nSPS) is 15.3. The summed E-state index contributed by atoms with van der Waals surface area (Å²) in [7, 11) is -3.99. The van der Waals surface area contributed by atoms with Crippen molar-refractivity contribution in [3.05, 3.63) is 40.0 Å². The molecule has 0 atom stereocenters. The van der Waals surface area contributed by atoms with E-state index in [1.54, 1.807) is 0 Å². The van der Waals surface area contributed by atoms with Gasteiger partial charge in [-0.2, -0.15) is 8.42 Å². The Morgan fingerprint density at radius 3 is 2.65 bits per heavy atom. The Morgan fingerprint density at radius 2 is 1.91 bits per heavy atom. The second-order valence-electron chi connectivity index (χ2n) is 5.45. The highest BCUT2D eigenvalue weighted by Crippen LogP contribution is 2.28. The van der Waals surface area contributed by atoms with Crippen LogP contribution in [0, 0.1) is 0 Å². The van der Waals surface area contributed by atoms with Gasteiger partial charge in [-0.3, -0.25) is 9.78 Å². The zero-order valence-electron chi connectivity index (χ0n) is 12.5. The molecule has 122 valence electrons. The second kappa shape index (κ2) is 6.76. The van der Waals surface area contributed by atoms with E-state index in [4.69, 9.17) is 0 Å². The number of hydrogen-bond donors (Lipinski definition) is 1. The Hall–Kier alpha value is -1.80. The molecular weight excluding hydrogens is 334 g/mol. The maximum Gasteiger partial charge on any atom is 0.283 e. The van der Waals surface area contributed by atoms with Crippen molar-refractivity contribution >= 4 is 27.3 Å². The number of aryl methyl sites for hydroxylation is 2. The van der Waals surface area contributed by atoms with Crippen LogP contribution in [0.3, 0.4) is 0 Å². The summed E-state index contributed by atoms with van der Waals surface area (Å²) in [6.45, 7) is 0. The van der Waals surface area contributed by atoms with Crippen molar-refractivity contribution in [3.8, 4) is 0 Å². The molecule has 6 nitrogen and oxygen atoms in total. The van der Waals surface area contributed by atoms with Gasteiger partial charge in [0.1, 0.15) is 0 Å². The van der Waals surface area contributed by atoms with E-state index < -0.39 is 15.9 Å². The van der Waals surface area contributed by atoms with Crippen LogP contribution in [0.2, 0.25) is 0 Å². The molecule has 0 bridgehead atoms. The highest BCUT2D eigenvalue weighted by Gasteiger charge is 2.22. The quantitative estimate of drug-likeness (QED) is 0.916. The highest BCUT2D eigenvalue weighted by molar-refractivity contribution is 7.90. The van der Waals surface area contributed by atoms with Crippen molar-refractivity contribution in [1.29, 1.82) is 0 Å². The Kier molecular flexibility index (Phi) is 4.72. The summed E-state index contributed by atoms with van der Waals surface area (Å²) < 4.78 is 26.3. The first-order valence-electron chi connectivity index (χ1n) is 7.51. The van der Waals surface area contributed by atoms with Crippen molar-refractivity contribution in [3.63, 3.8) is 0 Å². The van der Waals surface area contributed by atoms with Gasteiger partial charge in [0.15, 0.2) is 5.03 Å². The summed E-state index contributed by atoms with van der Waals surface area (Å²) >= 11 is 1.39. The monoisotopic (exact) mass is 351 g/mol. The summed E-state index contributed by atoms with van der Waals surface area (Å²) in [4.78, 5) is 21.4. The van der Waals surface area contributed by atoms with Crippen molar-refractivity contribution in [2.75, 3.05) is 0 Å². The van der Waals surface area contributed by atoms with Gasteiger partial charge in [0.25, 0.3) is 15.9 Å². The first-order valence-corrected chi connectivity index (χ1v) is 9.81. The fraction of sp³-hybridized carbons (Fsp3) is 0.400. The van der Waals surface area contributed by atoms with Crippen LogP contribution in [0.15, 0.2) is 29.7 Å². The third-order valence-electron chi connectivity index (χ3n) is 3.76. The topological polar surface area (TPSA) is 89.0 Å². The number of amides is 1. The lowest BCUT2D eigenvalue weighted by Gasteiger charge is -2.07. The minimum atomic E-state index is -3.99. The standard InChI is InChI=1S/C15H17N3O3S2/c19-15(18-23(20,21)14-10-16-7-8-17-14)13-9-11-5-3-1-2-4-6-12(11)22-13/h7-10H,1-6H2,(H,18,19). The Bertz CT molecular complexity index is 775. The lowest BCUT2D eigenvalue weighted by molar-refractivity contribution is 0.0985. The SMILES string of the molecule is O=C(NS(=O)(=O)c1cnccn1)c1cc2c(s1)CCCCCC2. The Morgan fingerprint density at radius 1 is 1.13 bits per heavy atom. The molecule has 0 unspecified atom stereocenters. The number of nitrogens with zero attached hydrogens (tertiary/aromatic N) is 2. The van der Waals surface area contributed by atoms with Crippen molar-refractivity contribution in [2.24, 2.45) is 0 Å². The van der Waals surface area contributed by atoms with Gasteiger partial charge in [0, 0.05) is 17.3 Å². The van der Waals surface area contributed by atoms with E-state index in [1.165, 1.54) is 47.0 Å². The van der Waals surface area contributed by atoms with Gasteiger partial charge in [-0.1, -0.05) is 12.8 Å². The lowest BCUT2D eigenvalue weighted by Crippen LogP contribution is -2.30. The zero-order valence-corrected chi connectivity index (χ0v) is 14.1. The maximum atomic E-state index is 12.3. The number of hydrogen-bond acceptors (Lipinski definition) is 6. The average Bonchev–Trinajstić information content (AvgIpc) is 2.90. The Labute approximate surface area is 139 Å². The molecule has 2 aromatic heterocycles. The first-order chi connectivity index (χ1) is 11.1. The number of sulfonamides is 1. The zero-order chi connectivity index (χ0) is 16.3. The second-order valence-corrected chi connectivity index (χ2v) is 8.22. The van der Waals surface area contributed by atoms with E-state index in [1.807, 2.05) is 6.07 Å². The summed E-state index contributed by atoms with van der Waals surface area (Å²) in [5.41, 5.74) is 1.18. The molecule has 2 heterocycles. The molecule has 0 aromatic carbocycles. The fourth-order valence-electron chi connectivity index (χ4n) is 2.60. The van der Waals surface area contributed by atoms with E-state index in [-0.39, 0.29) is 5.03 Å². The molecule has 0 saturated heterocycles. The van der Waals surface area contributed by atoms with Crippen LogP contribution < -0.4 is 4.72 Å². The fourth-order valence-corrected chi connectivity index (χ4v) is 4.68. The van der Waals surface area contributed by atoms with Gasteiger partial charge in [-0.25, -0.2) is 9.71 Å². The molecule has 1 N–H and O–H groups in total. The number of carbonyl (C=O) groups is 1. The summed E-state index contributed by atoms with van der Waals surface area (Å²) in [6.07, 6.45) is 10.3. The first kappa shape index (κ1) is 16.1. The number of carbonyl (C=O) groups excluding carboxylic acids is 1. The summed E-state index contributed by atoms with van der Waals surface area (Å²) in [5.74, 6) is -0.604. The van der Waals surface area contributed by atoms with Gasteiger partial charge < -0.3 is 0 Å². The van der Waals surface area contributed by atoms with E-state index in [2.05, 4.69) is 14.7 Å². The van der Waals surface area contributed by atoms with Crippen LogP contribution in [0.1, 0.15) is 45.8 Å². The van der Waals surface area contributed by atoms with Crippen LogP contribution in [-0.4, -0.2) is 24.3 Å². The smallest absolute Gasteiger partial charge is 0.267 e. The minimum Gasteiger partial charge on any atom is -0.267 e. The Balaban J connectivity index is 1.80. The van der Waals surface area contributed by atoms with E-state index >= 15 is 0 Å². The van der Waals surface area contributed by atoms with Crippen LogP contribution in [-0.2, 0) is 22.9 Å². The van der Waals surface area contributed by atoms with Crippen LogP contribution in [0.25, 0.3) is 0 Å². The summed E-state index contributed by atoms with van der Waals surface area (Å²) in [5, 5.41) is -0.261. The van der Waals surface area contributed by atoms with Crippen LogP contribution in [0.4, 0.5) is 0 Å². The molecule has 8 heteroatoms. The molecule has 0 spiro atoms. The molecule has 0 saturated carbocycles. The van der Waals surface area contributed by atoms with Gasteiger partial charge in [0.05, 0.1) is 11.1 Å². The van der Waals surface area contributed by atoms with E-state index in [0.29, 0.717) is 4.88 Å². The molecule has 0 aliphatic heterocycles. The van der Waals surface area contributed by atoms with Crippen LogP contribution >= 0.6 is 11.3 Å². The number of rotatable bonds is 3. The number of nitrogens with one attached hydrogen (secondary N) is 1. The molecule has 23 heavy (non-hydrogen) atoms. The highest BCUT2D eigenvalue weighted by atomic mass is 32.2. The van der Waals surface area contributed by atoms with Crippen molar-refractivity contribution in [2.45, 2.75) is 43.6 Å². The average molecular weight is 351 g/mol. The van der Waals surface area contributed by atoms with Crippen molar-refractivity contribution < 1.29 is 13.2 Å². The molecule has 3 rings (SSSR count). The third kappa shape index (κ3) is 3.76. The largest absolute Gasteiger partial charge is 0.283 e.